The Morgan fingerprint density at radius 1 is 1.26 bits per heavy atom. The van der Waals surface area contributed by atoms with Crippen molar-refractivity contribution in [3.8, 4) is 0 Å². The van der Waals surface area contributed by atoms with E-state index in [1.165, 1.54) is 5.56 Å². The number of rotatable bonds is 7. The minimum absolute atomic E-state index is 0. The van der Waals surface area contributed by atoms with Crippen LogP contribution in [0.25, 0.3) is 0 Å². The molecule has 27 heavy (non-hydrogen) atoms. The largest absolute Gasteiger partial charge is 0.372 e. The van der Waals surface area contributed by atoms with Crippen LogP contribution in [0.2, 0.25) is 0 Å². The first kappa shape index (κ1) is 22.2. The third-order valence-electron chi connectivity index (χ3n) is 4.49. The number of methoxy groups -OCH3 is 1. The van der Waals surface area contributed by atoms with Crippen LogP contribution in [0.4, 0.5) is 5.69 Å². The molecule has 0 aliphatic carbocycles. The quantitative estimate of drug-likeness (QED) is 0.617. The second-order valence-electron chi connectivity index (χ2n) is 6.70. The molecule has 0 saturated carbocycles. The van der Waals surface area contributed by atoms with E-state index in [0.29, 0.717) is 25.8 Å². The second-order valence-corrected chi connectivity index (χ2v) is 6.70. The minimum atomic E-state index is -0.480. The zero-order chi connectivity index (χ0) is 18.5. The van der Waals surface area contributed by atoms with Crippen LogP contribution in [0.1, 0.15) is 30.9 Å². The monoisotopic (exact) mass is 442 g/mol. The van der Waals surface area contributed by atoms with E-state index >= 15 is 0 Å². The molecule has 1 heterocycles. The van der Waals surface area contributed by atoms with Gasteiger partial charge in [-0.1, -0.05) is 26.0 Å². The van der Waals surface area contributed by atoms with Crippen molar-refractivity contribution in [3.63, 3.8) is 0 Å². The summed E-state index contributed by atoms with van der Waals surface area (Å²) >= 11 is 0. The molecule has 1 saturated heterocycles. The number of carbonyl (C=O) groups is 1. The standard InChI is InChI=1S/C21H25N2O3.Y/c1-16(2)18-10-7-11-19(12-18)23-21(24)20(25-3)13-22(23)15-26-14-17-8-5-4-6-9-17;/h4-5,7-12,16,20H,13-15H2,1-3H3;/q-1;. The maximum absolute atomic E-state index is 12.8. The maximum Gasteiger partial charge on any atom is 0.272 e. The molecule has 5 nitrogen and oxygen atoms in total. The molecule has 2 aromatic carbocycles. The molecule has 3 rings (SSSR count). The Bertz CT molecular complexity index is 739. The number of ether oxygens (including phenoxy) is 2. The molecule has 1 aliphatic heterocycles. The molecule has 1 amide bonds. The average molecular weight is 442 g/mol. The fourth-order valence-electron chi connectivity index (χ4n) is 3.01. The molecule has 6 heteroatoms. The number of hydrazine groups is 1. The molecule has 141 valence electrons. The Hall–Kier alpha value is -1.11. The molecular weight excluding hydrogens is 417 g/mol. The van der Waals surface area contributed by atoms with Crippen molar-refractivity contribution in [1.82, 2.24) is 5.01 Å². The van der Waals surface area contributed by atoms with Gasteiger partial charge in [0, 0.05) is 46.4 Å². The van der Waals surface area contributed by atoms with Gasteiger partial charge in [0.15, 0.2) is 6.10 Å². The van der Waals surface area contributed by atoms with Crippen LogP contribution in [-0.2, 0) is 53.6 Å². The van der Waals surface area contributed by atoms with Crippen molar-refractivity contribution < 1.29 is 47.0 Å². The molecule has 1 radical (unpaired) electrons. The van der Waals surface area contributed by atoms with E-state index in [1.54, 1.807) is 12.1 Å². The van der Waals surface area contributed by atoms with Crippen LogP contribution >= 0.6 is 0 Å². The van der Waals surface area contributed by atoms with Crippen LogP contribution in [0.15, 0.2) is 48.5 Å². The number of hydrogen-bond donors (Lipinski definition) is 0. The van der Waals surface area contributed by atoms with E-state index in [9.17, 15) is 4.79 Å². The molecular formula is C21H25N2O3Y-. The summed E-state index contributed by atoms with van der Waals surface area (Å²) in [5, 5.41) is 3.57. The number of amides is 1. The van der Waals surface area contributed by atoms with Gasteiger partial charge in [-0.2, -0.15) is 35.3 Å². The van der Waals surface area contributed by atoms with Crippen molar-refractivity contribution in [2.75, 3.05) is 25.4 Å². The first-order chi connectivity index (χ1) is 12.6. The van der Waals surface area contributed by atoms with Gasteiger partial charge >= 0.3 is 0 Å². The van der Waals surface area contributed by atoms with Crippen LogP contribution in [0.3, 0.4) is 0 Å². The van der Waals surface area contributed by atoms with Crippen molar-refractivity contribution in [1.29, 1.82) is 0 Å². The van der Waals surface area contributed by atoms with Gasteiger partial charge in [0.25, 0.3) is 5.91 Å². The van der Waals surface area contributed by atoms with E-state index in [4.69, 9.17) is 9.47 Å². The van der Waals surface area contributed by atoms with Gasteiger partial charge in [-0.15, -0.1) is 5.56 Å². The molecule has 1 atom stereocenters. The Labute approximate surface area is 186 Å². The van der Waals surface area contributed by atoms with Crippen molar-refractivity contribution >= 4 is 11.6 Å². The van der Waals surface area contributed by atoms with Crippen LogP contribution in [0.5, 0.6) is 0 Å². The Morgan fingerprint density at radius 2 is 2.07 bits per heavy atom. The summed E-state index contributed by atoms with van der Waals surface area (Å²) in [5.74, 6) is 0.329. The van der Waals surface area contributed by atoms with Gasteiger partial charge in [-0.25, -0.2) is 5.01 Å². The van der Waals surface area contributed by atoms with Crippen molar-refractivity contribution in [2.45, 2.75) is 32.5 Å². The van der Waals surface area contributed by atoms with Crippen LogP contribution in [0, 0.1) is 6.07 Å². The molecule has 1 unspecified atom stereocenters. The first-order valence-electron chi connectivity index (χ1n) is 8.84. The third-order valence-corrected chi connectivity index (χ3v) is 4.49. The molecule has 0 bridgehead atoms. The van der Waals surface area contributed by atoms with E-state index in [-0.39, 0.29) is 38.6 Å². The minimum Gasteiger partial charge on any atom is -0.372 e. The van der Waals surface area contributed by atoms with Crippen molar-refractivity contribution in [3.05, 3.63) is 65.7 Å². The first-order valence-corrected chi connectivity index (χ1v) is 8.84. The topological polar surface area (TPSA) is 42.0 Å². The summed E-state index contributed by atoms with van der Waals surface area (Å²) in [4.78, 5) is 12.8. The molecule has 0 aromatic heterocycles. The summed E-state index contributed by atoms with van der Waals surface area (Å²) in [6.45, 7) is 5.54. The second kappa shape index (κ2) is 10.4. The van der Waals surface area contributed by atoms with E-state index in [0.717, 1.165) is 11.3 Å². The smallest absolute Gasteiger partial charge is 0.272 e. The third kappa shape index (κ3) is 5.46. The Balaban J connectivity index is 0.00000261. The number of nitrogens with zero attached hydrogens (tertiary/aromatic N) is 2. The van der Waals surface area contributed by atoms with Gasteiger partial charge in [0.1, 0.15) is 6.73 Å². The van der Waals surface area contributed by atoms with Gasteiger partial charge in [0.2, 0.25) is 0 Å². The molecule has 1 aliphatic rings. The van der Waals surface area contributed by atoms with E-state index in [2.05, 4.69) is 32.0 Å². The Morgan fingerprint density at radius 3 is 2.74 bits per heavy atom. The van der Waals surface area contributed by atoms with Gasteiger partial charge in [-0.3, -0.25) is 4.79 Å². The summed E-state index contributed by atoms with van der Waals surface area (Å²) in [6, 6.07) is 18.8. The normalized spacial score (nSPS) is 17.4. The molecule has 2 aromatic rings. The predicted octanol–water partition coefficient (Wildman–Crippen LogP) is 3.36. The van der Waals surface area contributed by atoms with Crippen molar-refractivity contribution in [2.24, 2.45) is 0 Å². The van der Waals surface area contributed by atoms with Gasteiger partial charge < -0.3 is 9.47 Å². The molecule has 0 spiro atoms. The molecule has 1 fully saturated rings. The molecule has 0 N–H and O–H groups in total. The number of hydrogen-bond acceptors (Lipinski definition) is 4. The predicted molar refractivity (Wildman–Crippen MR) is 100 cm³/mol. The number of carbonyl (C=O) groups excluding carboxylic acids is 1. The van der Waals surface area contributed by atoms with Gasteiger partial charge in [0.05, 0.1) is 12.2 Å². The fraction of sp³-hybridized carbons (Fsp3) is 0.381. The SMILES string of the molecule is COC1CN(COCc2c[c-]ccc2)N(c2cccc(C(C)C)c2)C1=O.[Y]. The zero-order valence-corrected chi connectivity index (χ0v) is 18.9. The van der Waals surface area contributed by atoms with Crippen LogP contribution < -0.4 is 5.01 Å². The van der Waals surface area contributed by atoms with Crippen LogP contribution in [-0.4, -0.2) is 37.4 Å². The number of anilines is 1. The summed E-state index contributed by atoms with van der Waals surface area (Å²) < 4.78 is 11.2. The maximum atomic E-state index is 12.8. The zero-order valence-electron chi connectivity index (χ0n) is 16.1. The summed E-state index contributed by atoms with van der Waals surface area (Å²) in [5.41, 5.74) is 3.09. The van der Waals surface area contributed by atoms with Gasteiger partial charge in [-0.05, 0) is 23.6 Å². The van der Waals surface area contributed by atoms with E-state index < -0.39 is 6.10 Å². The summed E-state index contributed by atoms with van der Waals surface area (Å²) in [6.07, 6.45) is -0.480. The number of benzene rings is 2. The Kier molecular flexibility index (Phi) is 8.58. The summed E-state index contributed by atoms with van der Waals surface area (Å²) in [7, 11) is 1.56. The van der Waals surface area contributed by atoms with E-state index in [1.807, 2.05) is 41.4 Å². The fourth-order valence-corrected chi connectivity index (χ4v) is 3.01. The average Bonchev–Trinajstić information content (AvgIpc) is 2.98.